The summed E-state index contributed by atoms with van der Waals surface area (Å²) in [5, 5.41) is 44.1. The molecule has 5 N–H and O–H groups in total. The van der Waals surface area contributed by atoms with Crippen molar-refractivity contribution in [2.45, 2.75) is 0 Å². The molecule has 31 heavy (non-hydrogen) atoms. The molecule has 0 unspecified atom stereocenters. The summed E-state index contributed by atoms with van der Waals surface area (Å²) >= 11 is 0. The fourth-order valence-electron chi connectivity index (χ4n) is 2.22. The average Bonchev–Trinajstić information content (AvgIpc) is 2.46. The van der Waals surface area contributed by atoms with E-state index >= 15 is 0 Å². The minimum atomic E-state index is -1.24. The number of carboxylic acid groups (broad SMARTS) is 5. The van der Waals surface area contributed by atoms with Crippen LogP contribution in [0.5, 0.6) is 0 Å². The minimum absolute atomic E-state index is 0. The van der Waals surface area contributed by atoms with Crippen molar-refractivity contribution < 1.29 is 127 Å². The first-order valence-corrected chi connectivity index (χ1v) is 7.75. The Morgan fingerprint density at radius 2 is 0.581 bits per heavy atom. The van der Waals surface area contributed by atoms with Crippen LogP contribution in [0.2, 0.25) is 0 Å². The van der Waals surface area contributed by atoms with Gasteiger partial charge in [0.05, 0.1) is 32.7 Å². The zero-order valence-electron chi connectivity index (χ0n) is 16.0. The van der Waals surface area contributed by atoms with Crippen LogP contribution in [-0.2, 0) is 24.0 Å². The fourth-order valence-corrected chi connectivity index (χ4v) is 2.22. The SMILES string of the molecule is O=C(O)CN(CCN(CC(=O)O)CC(=O)O)CCN(CC(=O)O)CC(=O)O.[Cl-].[Cl-].[Cl-].[Gd]. The van der Waals surface area contributed by atoms with E-state index in [1.54, 1.807) is 0 Å². The molecule has 0 amide bonds. The molecular weight excluding hydrogens is 634 g/mol. The molecule has 0 aliphatic rings. The molecule has 13 nitrogen and oxygen atoms in total. The Morgan fingerprint density at radius 3 is 0.774 bits per heavy atom. The van der Waals surface area contributed by atoms with Crippen molar-refractivity contribution in [1.82, 2.24) is 14.7 Å². The fraction of sp³-hybridized carbons (Fsp3) is 0.643. The van der Waals surface area contributed by atoms with E-state index in [1.807, 2.05) is 0 Å². The Labute approximate surface area is 228 Å². The summed E-state index contributed by atoms with van der Waals surface area (Å²) in [4.78, 5) is 57.6. The monoisotopic (exact) mass is 656 g/mol. The zero-order chi connectivity index (χ0) is 21.0. The molecule has 0 saturated carbocycles. The molecule has 0 rings (SSSR count). The standard InChI is InChI=1S/C14H23N3O10.3ClH.Gd/c18-10(19)5-15(1-3-16(6-11(20)21)7-12(22)23)2-4-17(8-13(24)25)9-14(26)27;;;;/h1-9H2,(H,18,19)(H,20,21)(H,22,23)(H,24,25)(H,26,27);3*1H;/p-3. The second kappa shape index (κ2) is 22.6. The van der Waals surface area contributed by atoms with Gasteiger partial charge in [-0.2, -0.15) is 0 Å². The number of halogens is 3. The van der Waals surface area contributed by atoms with Crippen LogP contribution >= 0.6 is 0 Å². The van der Waals surface area contributed by atoms with E-state index in [1.165, 1.54) is 4.90 Å². The van der Waals surface area contributed by atoms with Gasteiger partial charge in [0.2, 0.25) is 0 Å². The van der Waals surface area contributed by atoms with E-state index in [4.69, 9.17) is 25.5 Å². The first-order chi connectivity index (χ1) is 12.5. The number of aliphatic carboxylic acids is 5. The molecule has 0 heterocycles. The van der Waals surface area contributed by atoms with Crippen molar-refractivity contribution in [2.75, 3.05) is 58.9 Å². The van der Waals surface area contributed by atoms with Gasteiger partial charge in [0.1, 0.15) is 0 Å². The zero-order valence-corrected chi connectivity index (χ0v) is 20.5. The van der Waals surface area contributed by atoms with Crippen LogP contribution in [0.15, 0.2) is 0 Å². The molecule has 0 aromatic heterocycles. The quantitative estimate of drug-likeness (QED) is 0.105. The summed E-state index contributed by atoms with van der Waals surface area (Å²) in [6.07, 6.45) is 0. The van der Waals surface area contributed by atoms with Gasteiger partial charge in [-0.05, 0) is 0 Å². The summed E-state index contributed by atoms with van der Waals surface area (Å²) in [5.41, 5.74) is 0. The number of hydrogen-bond donors (Lipinski definition) is 5. The molecule has 0 radical (unpaired) electrons. The Balaban J connectivity index is -0.000000563. The second-order valence-electron chi connectivity index (χ2n) is 5.67. The molecule has 0 atom stereocenters. The van der Waals surface area contributed by atoms with Crippen LogP contribution in [0.4, 0.5) is 0 Å². The predicted molar refractivity (Wildman–Crippen MR) is 87.5 cm³/mol. The van der Waals surface area contributed by atoms with Crippen molar-refractivity contribution in [1.29, 1.82) is 0 Å². The molecule has 0 aromatic rings. The molecule has 0 saturated heterocycles. The maximum absolute atomic E-state index is 11.0. The van der Waals surface area contributed by atoms with Crippen LogP contribution in [0.1, 0.15) is 0 Å². The number of nitrogens with zero attached hydrogens (tertiary/aromatic N) is 3. The summed E-state index contributed by atoms with van der Waals surface area (Å²) in [6, 6.07) is 0. The maximum Gasteiger partial charge on any atom is 0.317 e. The van der Waals surface area contributed by atoms with Gasteiger partial charge in [0.25, 0.3) is 0 Å². The van der Waals surface area contributed by atoms with Gasteiger partial charge in [-0.15, -0.1) is 0 Å². The van der Waals surface area contributed by atoms with E-state index in [9.17, 15) is 24.0 Å². The first-order valence-electron chi connectivity index (χ1n) is 7.75. The second-order valence-corrected chi connectivity index (χ2v) is 5.67. The number of carboxylic acids is 5. The van der Waals surface area contributed by atoms with E-state index in [-0.39, 0.29) is 103 Å². The molecular formula is C14H23Cl3GdN3O10-3. The van der Waals surface area contributed by atoms with E-state index in [2.05, 4.69) is 0 Å². The van der Waals surface area contributed by atoms with E-state index in [0.29, 0.717) is 0 Å². The van der Waals surface area contributed by atoms with Crippen LogP contribution in [0.25, 0.3) is 0 Å². The number of rotatable bonds is 16. The van der Waals surface area contributed by atoms with E-state index < -0.39 is 62.6 Å². The molecule has 0 spiro atoms. The van der Waals surface area contributed by atoms with E-state index in [0.717, 1.165) is 9.80 Å². The third-order valence-corrected chi connectivity index (χ3v) is 3.26. The van der Waals surface area contributed by atoms with Crippen LogP contribution < -0.4 is 37.2 Å². The third-order valence-electron chi connectivity index (χ3n) is 3.26. The van der Waals surface area contributed by atoms with Gasteiger partial charge in [-0.1, -0.05) is 0 Å². The summed E-state index contributed by atoms with van der Waals surface area (Å²) in [7, 11) is 0. The smallest absolute Gasteiger partial charge is 0.317 e. The molecule has 17 heteroatoms. The number of carbonyl (C=O) groups is 5. The largest absolute Gasteiger partial charge is 1.00 e. The average molecular weight is 657 g/mol. The van der Waals surface area contributed by atoms with Crippen molar-refractivity contribution in [3.05, 3.63) is 0 Å². The van der Waals surface area contributed by atoms with Gasteiger partial charge in [-0.3, -0.25) is 38.7 Å². The van der Waals surface area contributed by atoms with Gasteiger partial charge in [0.15, 0.2) is 0 Å². The number of hydrogen-bond acceptors (Lipinski definition) is 8. The Morgan fingerprint density at radius 1 is 0.419 bits per heavy atom. The van der Waals surface area contributed by atoms with Gasteiger partial charge >= 0.3 is 29.8 Å². The Bertz CT molecular complexity index is 502. The third kappa shape index (κ3) is 25.6. The van der Waals surface area contributed by atoms with Crippen molar-refractivity contribution in [3.8, 4) is 0 Å². The van der Waals surface area contributed by atoms with Gasteiger partial charge < -0.3 is 62.8 Å². The molecule has 0 aliphatic carbocycles. The topological polar surface area (TPSA) is 196 Å². The summed E-state index contributed by atoms with van der Waals surface area (Å²) in [6.45, 7) is -2.74. The van der Waals surface area contributed by atoms with Gasteiger partial charge in [-0.25, -0.2) is 0 Å². The van der Waals surface area contributed by atoms with Gasteiger partial charge in [0, 0.05) is 66.1 Å². The molecule has 0 aliphatic heterocycles. The summed E-state index contributed by atoms with van der Waals surface area (Å²) < 4.78 is 0. The summed E-state index contributed by atoms with van der Waals surface area (Å²) in [5.74, 6) is -6.16. The normalized spacial score (nSPS) is 9.65. The molecule has 0 fully saturated rings. The van der Waals surface area contributed by atoms with Crippen molar-refractivity contribution in [2.24, 2.45) is 0 Å². The maximum atomic E-state index is 11.0. The van der Waals surface area contributed by atoms with Crippen molar-refractivity contribution >= 4 is 29.8 Å². The first kappa shape index (κ1) is 40.8. The van der Waals surface area contributed by atoms with Crippen LogP contribution in [-0.4, -0.2) is 129 Å². The van der Waals surface area contributed by atoms with Crippen LogP contribution in [0, 0.1) is 39.9 Å². The minimum Gasteiger partial charge on any atom is -1.00 e. The van der Waals surface area contributed by atoms with Crippen LogP contribution in [0.3, 0.4) is 0 Å². The molecule has 0 aromatic carbocycles. The predicted octanol–water partition coefficient (Wildman–Crippen LogP) is -11.7. The van der Waals surface area contributed by atoms with Crippen molar-refractivity contribution in [3.63, 3.8) is 0 Å². The molecule has 0 bridgehead atoms. The Kier molecular flexibility index (Phi) is 29.7. The Hall–Kier alpha value is -0.575. The molecule has 186 valence electrons.